The van der Waals surface area contributed by atoms with Crippen molar-refractivity contribution in [3.05, 3.63) is 0 Å². The van der Waals surface area contributed by atoms with Crippen molar-refractivity contribution in [3.8, 4) is 0 Å². The summed E-state index contributed by atoms with van der Waals surface area (Å²) in [5.74, 6) is 1.34. The number of hydrogen-bond donors (Lipinski definition) is 8. The van der Waals surface area contributed by atoms with Gasteiger partial charge in [0.2, 0.25) is 0 Å². The average Bonchev–Trinajstić information content (AvgIpc) is 2.82. The van der Waals surface area contributed by atoms with Gasteiger partial charge in [0, 0.05) is 12.3 Å². The normalized spacial score (nSPS) is 36.8. The predicted molar refractivity (Wildman–Crippen MR) is 124 cm³/mol. The smallest absolute Gasteiger partial charge is 0.394 e. The van der Waals surface area contributed by atoms with Crippen LogP contribution in [0.4, 0.5) is 0 Å². The van der Waals surface area contributed by atoms with Crippen molar-refractivity contribution in [1.82, 2.24) is 0 Å². The summed E-state index contributed by atoms with van der Waals surface area (Å²) in [6.07, 6.45) is -18.0. The molecule has 0 amide bonds. The van der Waals surface area contributed by atoms with Crippen LogP contribution in [-0.2, 0) is 48.1 Å². The van der Waals surface area contributed by atoms with Gasteiger partial charge < -0.3 is 50.2 Å². The van der Waals surface area contributed by atoms with Crippen molar-refractivity contribution >= 4 is 32.6 Å². The van der Waals surface area contributed by atoms with Gasteiger partial charge in [-0.2, -0.15) is 28.6 Å². The SMILES string of the molecule is NCCSCCCO[C@@H]1O[C@H](COS(=O)(=O)O)[C@H](O)[C@H](O[C@H]2O[C@H](CO)[C@H](O)[C@H](OS(=O)(=O)O)[C@H]2O)[C@H]1O. The first-order valence-corrected chi connectivity index (χ1v) is 15.0. The number of nitrogens with two attached hydrogens (primary N) is 1. The first-order chi connectivity index (χ1) is 17.7. The molecule has 9 N–H and O–H groups in total. The molecular weight excluding hydrogens is 586 g/mol. The molecule has 0 aliphatic carbocycles. The zero-order chi connectivity index (χ0) is 28.7. The summed E-state index contributed by atoms with van der Waals surface area (Å²) in [5.41, 5.74) is 5.41. The lowest BCUT2D eigenvalue weighted by Gasteiger charge is -2.46. The summed E-state index contributed by atoms with van der Waals surface area (Å²) in [5, 5.41) is 51.6. The Bertz CT molecular complexity index is 923. The highest BCUT2D eigenvalue weighted by Crippen LogP contribution is 2.31. The summed E-state index contributed by atoms with van der Waals surface area (Å²) in [7, 11) is -10.2. The molecule has 10 atom stereocenters. The van der Waals surface area contributed by atoms with Crippen LogP contribution in [0.1, 0.15) is 6.42 Å². The molecule has 0 unspecified atom stereocenters. The number of ether oxygens (including phenoxy) is 4. The van der Waals surface area contributed by atoms with E-state index in [1.54, 1.807) is 0 Å². The number of aliphatic hydroxyl groups excluding tert-OH is 5. The van der Waals surface area contributed by atoms with Crippen molar-refractivity contribution in [2.75, 3.05) is 37.9 Å². The van der Waals surface area contributed by atoms with Gasteiger partial charge in [-0.1, -0.05) is 0 Å². The Balaban J connectivity index is 2.21. The van der Waals surface area contributed by atoms with E-state index in [9.17, 15) is 42.4 Å². The Kier molecular flexibility index (Phi) is 13.4. The first-order valence-electron chi connectivity index (χ1n) is 11.1. The van der Waals surface area contributed by atoms with Crippen LogP contribution in [0.15, 0.2) is 0 Å². The molecule has 0 bridgehead atoms. The molecule has 0 aromatic heterocycles. The number of rotatable bonds is 15. The minimum atomic E-state index is -5.21. The van der Waals surface area contributed by atoms with E-state index >= 15 is 0 Å². The van der Waals surface area contributed by atoms with Crippen molar-refractivity contribution in [2.24, 2.45) is 5.73 Å². The van der Waals surface area contributed by atoms with Crippen LogP contribution in [0.3, 0.4) is 0 Å². The lowest BCUT2D eigenvalue weighted by molar-refractivity contribution is -0.358. The third kappa shape index (κ3) is 10.3. The predicted octanol–water partition coefficient (Wildman–Crippen LogP) is -4.64. The van der Waals surface area contributed by atoms with E-state index in [4.69, 9.17) is 33.8 Å². The number of hydrogen-bond acceptors (Lipinski definition) is 17. The number of aliphatic hydroxyl groups is 5. The Morgan fingerprint density at radius 1 is 0.816 bits per heavy atom. The molecule has 2 fully saturated rings. The minimum Gasteiger partial charge on any atom is -0.394 e. The van der Waals surface area contributed by atoms with Gasteiger partial charge in [0.05, 0.1) is 19.8 Å². The maximum Gasteiger partial charge on any atom is 0.397 e. The highest BCUT2D eigenvalue weighted by atomic mass is 32.3. The van der Waals surface area contributed by atoms with Gasteiger partial charge in [0.1, 0.15) is 48.8 Å². The van der Waals surface area contributed by atoms with Crippen LogP contribution >= 0.6 is 11.8 Å². The molecule has 226 valence electrons. The second-order valence-corrected chi connectivity index (χ2v) is 11.5. The van der Waals surface area contributed by atoms with Crippen LogP contribution < -0.4 is 5.73 Å². The van der Waals surface area contributed by atoms with Crippen molar-refractivity contribution < 1.29 is 78.8 Å². The molecular formula is C17H33NO17S3. The van der Waals surface area contributed by atoms with Gasteiger partial charge in [-0.25, -0.2) is 8.37 Å². The zero-order valence-corrected chi connectivity index (χ0v) is 22.2. The zero-order valence-electron chi connectivity index (χ0n) is 19.7. The van der Waals surface area contributed by atoms with E-state index < -0.39 is 95.4 Å². The molecule has 0 spiro atoms. The fourth-order valence-electron chi connectivity index (χ4n) is 3.61. The third-order valence-corrected chi connectivity index (χ3v) is 7.35. The van der Waals surface area contributed by atoms with Gasteiger partial charge in [-0.15, -0.1) is 0 Å². The summed E-state index contributed by atoms with van der Waals surface area (Å²) < 4.78 is 92.2. The van der Waals surface area contributed by atoms with Crippen LogP contribution in [0, 0.1) is 0 Å². The molecule has 38 heavy (non-hydrogen) atoms. The third-order valence-electron chi connectivity index (χ3n) is 5.35. The van der Waals surface area contributed by atoms with E-state index in [1.807, 2.05) is 0 Å². The minimum absolute atomic E-state index is 0.0274. The molecule has 2 aliphatic rings. The molecule has 21 heteroatoms. The van der Waals surface area contributed by atoms with E-state index in [1.165, 1.54) is 11.8 Å². The second-order valence-electron chi connectivity index (χ2n) is 8.16. The Morgan fingerprint density at radius 2 is 1.42 bits per heavy atom. The molecule has 18 nitrogen and oxygen atoms in total. The van der Waals surface area contributed by atoms with Crippen LogP contribution in [0.5, 0.6) is 0 Å². The van der Waals surface area contributed by atoms with E-state index in [-0.39, 0.29) is 6.61 Å². The summed E-state index contributed by atoms with van der Waals surface area (Å²) in [6.45, 7) is -1.39. The average molecular weight is 620 g/mol. The van der Waals surface area contributed by atoms with Crippen LogP contribution in [0.2, 0.25) is 0 Å². The number of thioether (sulfide) groups is 1. The molecule has 2 heterocycles. The van der Waals surface area contributed by atoms with E-state index in [0.29, 0.717) is 24.5 Å². The largest absolute Gasteiger partial charge is 0.397 e. The lowest BCUT2D eigenvalue weighted by atomic mass is 9.97. The summed E-state index contributed by atoms with van der Waals surface area (Å²) in [4.78, 5) is 0. The summed E-state index contributed by atoms with van der Waals surface area (Å²) in [6, 6.07) is 0. The van der Waals surface area contributed by atoms with Gasteiger partial charge in [-0.3, -0.25) is 9.11 Å². The van der Waals surface area contributed by atoms with Crippen LogP contribution in [-0.4, -0.2) is 151 Å². The van der Waals surface area contributed by atoms with Gasteiger partial charge in [-0.05, 0) is 12.2 Å². The molecule has 0 radical (unpaired) electrons. The van der Waals surface area contributed by atoms with E-state index in [0.717, 1.165) is 0 Å². The molecule has 0 aromatic rings. The highest BCUT2D eigenvalue weighted by Gasteiger charge is 2.52. The molecule has 0 saturated carbocycles. The standard InChI is InChI=1S/C17H33NO17S3/c18-2-5-36-4-1-3-30-16-12(22)14(11(21)9(33-16)7-31-37(24,25)26)34-17-13(23)15(35-38(27,28)29)10(20)8(6-19)32-17/h8-17,19-23H,1-7,18H2,(H,24,25,26)(H,27,28,29)/t8-,9-,10+,11+,12-,13-,14+,15+,16-,17-/m1/s1. The summed E-state index contributed by atoms with van der Waals surface area (Å²) >= 11 is 1.54. The van der Waals surface area contributed by atoms with Gasteiger partial charge in [0.15, 0.2) is 12.6 Å². The van der Waals surface area contributed by atoms with Crippen molar-refractivity contribution in [2.45, 2.75) is 67.8 Å². The fourth-order valence-corrected chi connectivity index (χ4v) is 5.12. The first kappa shape index (κ1) is 33.9. The second kappa shape index (κ2) is 15.1. The Morgan fingerprint density at radius 3 is 2.00 bits per heavy atom. The van der Waals surface area contributed by atoms with Gasteiger partial charge >= 0.3 is 20.8 Å². The Hall–Kier alpha value is -0.310. The quantitative estimate of drug-likeness (QED) is 0.0631. The molecule has 2 aliphatic heterocycles. The topological polar surface area (TPSA) is 291 Å². The molecule has 0 aromatic carbocycles. The molecule has 2 rings (SSSR count). The van der Waals surface area contributed by atoms with Gasteiger partial charge in [0.25, 0.3) is 0 Å². The lowest BCUT2D eigenvalue weighted by Crippen LogP contribution is -2.65. The Labute approximate surface area is 222 Å². The maximum atomic E-state index is 11.2. The maximum absolute atomic E-state index is 11.2. The monoisotopic (exact) mass is 619 g/mol. The van der Waals surface area contributed by atoms with E-state index in [2.05, 4.69) is 8.37 Å². The highest BCUT2D eigenvalue weighted by molar-refractivity contribution is 7.99. The van der Waals surface area contributed by atoms with Crippen molar-refractivity contribution in [1.29, 1.82) is 0 Å². The fraction of sp³-hybridized carbons (Fsp3) is 1.00. The van der Waals surface area contributed by atoms with Crippen molar-refractivity contribution in [3.63, 3.8) is 0 Å². The molecule has 2 saturated heterocycles. The van der Waals surface area contributed by atoms with Crippen LogP contribution in [0.25, 0.3) is 0 Å².